The van der Waals surface area contributed by atoms with Crippen LogP contribution >= 0.6 is 0 Å². The van der Waals surface area contributed by atoms with E-state index in [0.29, 0.717) is 0 Å². The average molecular weight is 327 g/mol. The quantitative estimate of drug-likeness (QED) is 0.433. The van der Waals surface area contributed by atoms with Crippen LogP contribution in [0.2, 0.25) is 0 Å². The highest BCUT2D eigenvalue weighted by atomic mass is 14.5. The fourth-order valence-corrected chi connectivity index (χ4v) is 2.60. The van der Waals surface area contributed by atoms with Crippen molar-refractivity contribution in [3.05, 3.63) is 91.0 Å². The maximum Gasteiger partial charge on any atom is 0.0393 e. The van der Waals surface area contributed by atoms with Gasteiger partial charge in [0.1, 0.15) is 0 Å². The summed E-state index contributed by atoms with van der Waals surface area (Å²) >= 11 is 0. The molecule has 3 heteroatoms. The molecule has 0 amide bonds. The Kier molecular flexibility index (Phi) is 4.86. The van der Waals surface area contributed by atoms with Gasteiger partial charge in [-0.2, -0.15) is 0 Å². The maximum absolute atomic E-state index is 5.76. The van der Waals surface area contributed by atoms with Crippen LogP contribution in [-0.2, 0) is 0 Å². The van der Waals surface area contributed by atoms with E-state index in [0.717, 1.165) is 33.6 Å². The van der Waals surface area contributed by atoms with Gasteiger partial charge in [-0.25, -0.2) is 0 Å². The molecule has 0 saturated carbocycles. The molecule has 25 heavy (non-hydrogen) atoms. The van der Waals surface area contributed by atoms with Crippen molar-refractivity contribution < 1.29 is 0 Å². The molecular formula is C22H21N3. The van der Waals surface area contributed by atoms with Gasteiger partial charge in [0.2, 0.25) is 0 Å². The van der Waals surface area contributed by atoms with Crippen molar-refractivity contribution >= 4 is 27.8 Å². The normalized spacial score (nSPS) is 10.1. The zero-order chi connectivity index (χ0) is 17.6. The highest BCUT2D eigenvalue weighted by Gasteiger charge is 1.96. The molecule has 6 N–H and O–H groups in total. The summed E-state index contributed by atoms with van der Waals surface area (Å²) in [6.07, 6.45) is 0. The van der Waals surface area contributed by atoms with Gasteiger partial charge in [-0.05, 0) is 46.8 Å². The van der Waals surface area contributed by atoms with E-state index < -0.39 is 0 Å². The second kappa shape index (κ2) is 7.41. The minimum absolute atomic E-state index is 0.782. The van der Waals surface area contributed by atoms with Crippen molar-refractivity contribution in [1.82, 2.24) is 0 Å². The molecule has 0 bridgehead atoms. The molecule has 0 fully saturated rings. The predicted octanol–water partition coefficient (Wildman–Crippen LogP) is 4.94. The molecule has 124 valence electrons. The summed E-state index contributed by atoms with van der Waals surface area (Å²) in [5.74, 6) is 0. The molecular weight excluding hydrogens is 306 g/mol. The van der Waals surface area contributed by atoms with Crippen LogP contribution in [0.25, 0.3) is 21.9 Å². The van der Waals surface area contributed by atoms with Gasteiger partial charge in [0, 0.05) is 22.4 Å². The first-order valence-electron chi connectivity index (χ1n) is 8.08. The number of nitrogen functional groups attached to an aromatic ring is 3. The fraction of sp³-hybridized carbons (Fsp3) is 0. The van der Waals surface area contributed by atoms with Gasteiger partial charge in [0.15, 0.2) is 0 Å². The molecule has 0 aromatic heterocycles. The Hall–Kier alpha value is -3.46. The third kappa shape index (κ3) is 4.09. The number of benzene rings is 4. The molecule has 0 aliphatic heterocycles. The minimum atomic E-state index is 0.782. The number of fused-ring (bicyclic) bond motifs is 1. The zero-order valence-corrected chi connectivity index (χ0v) is 13.9. The van der Waals surface area contributed by atoms with Crippen LogP contribution in [0.15, 0.2) is 91.0 Å². The van der Waals surface area contributed by atoms with E-state index in [1.54, 1.807) is 0 Å². The number of anilines is 3. The van der Waals surface area contributed by atoms with E-state index in [1.165, 1.54) is 5.39 Å². The van der Waals surface area contributed by atoms with E-state index in [4.69, 9.17) is 17.2 Å². The summed E-state index contributed by atoms with van der Waals surface area (Å²) < 4.78 is 0. The number of nitrogens with two attached hydrogens (primary N) is 3. The molecule has 0 atom stereocenters. The predicted molar refractivity (Wildman–Crippen MR) is 109 cm³/mol. The lowest BCUT2D eigenvalue weighted by Crippen LogP contribution is -1.85. The van der Waals surface area contributed by atoms with Crippen LogP contribution in [0.1, 0.15) is 0 Å². The standard InChI is InChI=1S/C12H12N2.C10H9N/c13-11-5-1-9(2-6-11)10-3-7-12(14)8-4-10;11-10-7-3-5-8-4-1-2-6-9(8)10/h1-8H,13-14H2;1-7H,11H2. The fourth-order valence-electron chi connectivity index (χ4n) is 2.60. The molecule has 0 unspecified atom stereocenters. The molecule has 4 aromatic rings. The summed E-state index contributed by atoms with van der Waals surface area (Å²) in [5, 5.41) is 2.34. The molecule has 0 saturated heterocycles. The monoisotopic (exact) mass is 327 g/mol. The summed E-state index contributed by atoms with van der Waals surface area (Å²) in [4.78, 5) is 0. The molecule has 0 aliphatic rings. The Bertz CT molecular complexity index is 910. The highest BCUT2D eigenvalue weighted by molar-refractivity contribution is 5.92. The van der Waals surface area contributed by atoms with Crippen LogP contribution in [0, 0.1) is 0 Å². The highest BCUT2D eigenvalue weighted by Crippen LogP contribution is 2.21. The van der Waals surface area contributed by atoms with E-state index >= 15 is 0 Å². The van der Waals surface area contributed by atoms with Crippen molar-refractivity contribution in [3.8, 4) is 11.1 Å². The van der Waals surface area contributed by atoms with Gasteiger partial charge in [0.25, 0.3) is 0 Å². The van der Waals surface area contributed by atoms with Crippen LogP contribution < -0.4 is 17.2 Å². The lowest BCUT2D eigenvalue weighted by Gasteiger charge is -2.02. The van der Waals surface area contributed by atoms with E-state index in [1.807, 2.05) is 78.9 Å². The second-order valence-corrected chi connectivity index (χ2v) is 5.81. The molecule has 0 aliphatic carbocycles. The van der Waals surface area contributed by atoms with Gasteiger partial charge in [-0.1, -0.05) is 60.7 Å². The largest absolute Gasteiger partial charge is 0.399 e. The van der Waals surface area contributed by atoms with E-state index in [9.17, 15) is 0 Å². The van der Waals surface area contributed by atoms with Crippen molar-refractivity contribution in [2.45, 2.75) is 0 Å². The van der Waals surface area contributed by atoms with Gasteiger partial charge in [0.05, 0.1) is 0 Å². The van der Waals surface area contributed by atoms with Gasteiger partial charge < -0.3 is 17.2 Å². The third-order valence-corrected chi connectivity index (χ3v) is 3.98. The number of rotatable bonds is 1. The third-order valence-electron chi connectivity index (χ3n) is 3.98. The summed E-state index contributed by atoms with van der Waals surface area (Å²) in [7, 11) is 0. The first-order chi connectivity index (χ1) is 12.1. The summed E-state index contributed by atoms with van der Waals surface area (Å²) in [6.45, 7) is 0. The SMILES string of the molecule is Nc1ccc(-c2ccc(N)cc2)cc1.Nc1cccc2ccccc12. The molecule has 0 heterocycles. The van der Waals surface area contributed by atoms with Crippen LogP contribution in [0.4, 0.5) is 17.1 Å². The summed E-state index contributed by atoms with van der Waals surface area (Å²) in [6, 6.07) is 29.6. The van der Waals surface area contributed by atoms with Crippen LogP contribution in [-0.4, -0.2) is 0 Å². The number of hydrogen-bond donors (Lipinski definition) is 3. The van der Waals surface area contributed by atoms with E-state index in [2.05, 4.69) is 12.1 Å². The first-order valence-corrected chi connectivity index (χ1v) is 8.08. The molecule has 0 spiro atoms. The van der Waals surface area contributed by atoms with E-state index in [-0.39, 0.29) is 0 Å². The Labute approximate surface area is 147 Å². The minimum Gasteiger partial charge on any atom is -0.399 e. The molecule has 3 nitrogen and oxygen atoms in total. The number of hydrogen-bond acceptors (Lipinski definition) is 3. The molecule has 0 radical (unpaired) electrons. The first kappa shape index (κ1) is 16.4. The summed E-state index contributed by atoms with van der Waals surface area (Å²) in [5.41, 5.74) is 21.7. The smallest absolute Gasteiger partial charge is 0.0393 e. The maximum atomic E-state index is 5.76. The Balaban J connectivity index is 0.000000150. The van der Waals surface area contributed by atoms with Crippen molar-refractivity contribution in [1.29, 1.82) is 0 Å². The Morgan fingerprint density at radius 1 is 0.440 bits per heavy atom. The second-order valence-electron chi connectivity index (χ2n) is 5.81. The van der Waals surface area contributed by atoms with Crippen molar-refractivity contribution in [2.24, 2.45) is 0 Å². The Morgan fingerprint density at radius 2 is 0.920 bits per heavy atom. The molecule has 4 rings (SSSR count). The van der Waals surface area contributed by atoms with Crippen molar-refractivity contribution in [2.75, 3.05) is 17.2 Å². The van der Waals surface area contributed by atoms with Gasteiger partial charge in [-0.15, -0.1) is 0 Å². The van der Waals surface area contributed by atoms with Gasteiger partial charge >= 0.3 is 0 Å². The van der Waals surface area contributed by atoms with Gasteiger partial charge in [-0.3, -0.25) is 0 Å². The zero-order valence-electron chi connectivity index (χ0n) is 13.9. The van der Waals surface area contributed by atoms with Crippen LogP contribution in [0.3, 0.4) is 0 Å². The molecule has 4 aromatic carbocycles. The van der Waals surface area contributed by atoms with Crippen LogP contribution in [0.5, 0.6) is 0 Å². The Morgan fingerprint density at radius 3 is 1.44 bits per heavy atom. The lowest BCUT2D eigenvalue weighted by atomic mass is 10.1. The lowest BCUT2D eigenvalue weighted by molar-refractivity contribution is 1.61. The average Bonchev–Trinajstić information content (AvgIpc) is 2.64. The topological polar surface area (TPSA) is 78.1 Å². The van der Waals surface area contributed by atoms with Crippen molar-refractivity contribution in [3.63, 3.8) is 0 Å².